The molecule has 6 rings (SSSR count). The van der Waals surface area contributed by atoms with Gasteiger partial charge in [-0.3, -0.25) is 0 Å². The van der Waals surface area contributed by atoms with E-state index in [0.29, 0.717) is 5.02 Å². The summed E-state index contributed by atoms with van der Waals surface area (Å²) in [6.07, 6.45) is 0. The van der Waals surface area contributed by atoms with Crippen molar-refractivity contribution in [1.82, 2.24) is 0 Å². The van der Waals surface area contributed by atoms with Crippen LogP contribution in [0.4, 0.5) is 0 Å². The first-order valence-corrected chi connectivity index (χ1v) is 11.7. The van der Waals surface area contributed by atoms with Crippen LogP contribution < -0.4 is 0 Å². The Kier molecular flexibility index (Phi) is 4.62. The first kappa shape index (κ1) is 19.6. The van der Waals surface area contributed by atoms with Crippen LogP contribution >= 0.6 is 23.4 Å². The van der Waals surface area contributed by atoms with Crippen molar-refractivity contribution in [1.29, 1.82) is 0 Å². The molecule has 0 amide bonds. The van der Waals surface area contributed by atoms with Crippen LogP contribution in [-0.4, -0.2) is 5.11 Å². The van der Waals surface area contributed by atoms with Crippen LogP contribution in [0.1, 0.15) is 16.7 Å². The molecule has 0 radical (unpaired) electrons. The van der Waals surface area contributed by atoms with Crippen molar-refractivity contribution in [2.24, 2.45) is 0 Å². The van der Waals surface area contributed by atoms with Gasteiger partial charge in [0.05, 0.1) is 0 Å². The monoisotopic (exact) mass is 450 g/mol. The summed E-state index contributed by atoms with van der Waals surface area (Å²) < 4.78 is 0. The predicted molar refractivity (Wildman–Crippen MR) is 134 cm³/mol. The molecule has 3 heteroatoms. The van der Waals surface area contributed by atoms with Gasteiger partial charge in [0.25, 0.3) is 0 Å². The number of rotatable bonds is 2. The Morgan fingerprint density at radius 2 is 1.31 bits per heavy atom. The average Bonchev–Trinajstić information content (AvgIpc) is 2.84. The van der Waals surface area contributed by atoms with E-state index < -0.39 is 5.60 Å². The SMILES string of the molecule is OC1(c2ccccc2-c2ccc(Cl)cc2)c2ccccc2Sc2ccc3ccccc3c21. The molecule has 0 fully saturated rings. The summed E-state index contributed by atoms with van der Waals surface area (Å²) in [5.41, 5.74) is 3.45. The number of halogens is 1. The van der Waals surface area contributed by atoms with E-state index >= 15 is 0 Å². The molecule has 5 aromatic rings. The Balaban J connectivity index is 1.73. The fourth-order valence-corrected chi connectivity index (χ4v) is 6.11. The molecule has 0 aliphatic carbocycles. The van der Waals surface area contributed by atoms with E-state index in [1.807, 2.05) is 72.8 Å². The van der Waals surface area contributed by atoms with Crippen LogP contribution in [0, 0.1) is 0 Å². The van der Waals surface area contributed by atoms with Gasteiger partial charge in [0.15, 0.2) is 0 Å². The highest BCUT2D eigenvalue weighted by Crippen LogP contribution is 2.54. The first-order chi connectivity index (χ1) is 15.7. The summed E-state index contributed by atoms with van der Waals surface area (Å²) in [6, 6.07) is 36.7. The van der Waals surface area contributed by atoms with Gasteiger partial charge < -0.3 is 5.11 Å². The number of hydrogen-bond donors (Lipinski definition) is 1. The highest BCUT2D eigenvalue weighted by Gasteiger charge is 2.43. The summed E-state index contributed by atoms with van der Waals surface area (Å²) in [4.78, 5) is 2.15. The molecule has 1 unspecified atom stereocenters. The van der Waals surface area contributed by atoms with Gasteiger partial charge in [-0.05, 0) is 46.2 Å². The fourth-order valence-electron chi connectivity index (χ4n) is 4.78. The molecule has 154 valence electrons. The lowest BCUT2D eigenvalue weighted by Gasteiger charge is -2.38. The van der Waals surface area contributed by atoms with Gasteiger partial charge >= 0.3 is 0 Å². The first-order valence-electron chi connectivity index (χ1n) is 10.5. The maximum absolute atomic E-state index is 12.8. The predicted octanol–water partition coefficient (Wildman–Crippen LogP) is 7.91. The van der Waals surface area contributed by atoms with Gasteiger partial charge in [-0.1, -0.05) is 108 Å². The molecule has 1 N–H and O–H groups in total. The molecule has 0 saturated heterocycles. The summed E-state index contributed by atoms with van der Waals surface area (Å²) in [5.74, 6) is 0. The van der Waals surface area contributed by atoms with Crippen molar-refractivity contribution in [3.63, 3.8) is 0 Å². The van der Waals surface area contributed by atoms with Gasteiger partial charge in [-0.25, -0.2) is 0 Å². The second kappa shape index (κ2) is 7.53. The van der Waals surface area contributed by atoms with Crippen LogP contribution in [0.15, 0.2) is 119 Å². The highest BCUT2D eigenvalue weighted by atomic mass is 35.5. The minimum atomic E-state index is -1.30. The van der Waals surface area contributed by atoms with Crippen LogP contribution in [0.2, 0.25) is 5.02 Å². The summed E-state index contributed by atoms with van der Waals surface area (Å²) >= 11 is 7.88. The lowest BCUT2D eigenvalue weighted by atomic mass is 9.75. The minimum absolute atomic E-state index is 0.695. The molecule has 0 spiro atoms. The Bertz CT molecular complexity index is 1470. The third kappa shape index (κ3) is 2.91. The topological polar surface area (TPSA) is 20.2 Å². The molecule has 1 aliphatic rings. The van der Waals surface area contributed by atoms with Gasteiger partial charge in [-0.2, -0.15) is 0 Å². The Morgan fingerprint density at radius 3 is 2.16 bits per heavy atom. The van der Waals surface area contributed by atoms with Crippen molar-refractivity contribution >= 4 is 34.1 Å². The van der Waals surface area contributed by atoms with Crippen molar-refractivity contribution in [2.75, 3.05) is 0 Å². The number of benzene rings is 5. The molecule has 32 heavy (non-hydrogen) atoms. The molecule has 5 aromatic carbocycles. The summed E-state index contributed by atoms with van der Waals surface area (Å²) in [6.45, 7) is 0. The fraction of sp³-hybridized carbons (Fsp3) is 0.0345. The van der Waals surface area contributed by atoms with E-state index in [1.54, 1.807) is 11.8 Å². The second-order valence-corrected chi connectivity index (χ2v) is 9.54. The van der Waals surface area contributed by atoms with Crippen LogP contribution in [0.3, 0.4) is 0 Å². The second-order valence-electron chi connectivity index (χ2n) is 8.02. The zero-order valence-corrected chi connectivity index (χ0v) is 18.7. The molecule has 1 nitrogen and oxygen atoms in total. The van der Waals surface area contributed by atoms with Gasteiger partial charge in [0.2, 0.25) is 0 Å². The van der Waals surface area contributed by atoms with Crippen molar-refractivity contribution < 1.29 is 5.11 Å². The summed E-state index contributed by atoms with van der Waals surface area (Å²) in [7, 11) is 0. The van der Waals surface area contributed by atoms with Crippen LogP contribution in [-0.2, 0) is 5.60 Å². The van der Waals surface area contributed by atoms with E-state index in [0.717, 1.165) is 48.4 Å². The standard InChI is InChI=1S/C29H19ClOS/c30-21-16-13-20(14-17-21)22-8-3-4-10-24(22)29(31)25-11-5-6-12-26(25)32-27-18-15-19-7-1-2-9-23(19)28(27)29/h1-18,31H. The van der Waals surface area contributed by atoms with Gasteiger partial charge in [-0.15, -0.1) is 0 Å². The van der Waals surface area contributed by atoms with Crippen molar-refractivity contribution in [3.05, 3.63) is 131 Å². The van der Waals surface area contributed by atoms with Crippen molar-refractivity contribution in [2.45, 2.75) is 15.4 Å². The lowest BCUT2D eigenvalue weighted by molar-refractivity contribution is 0.121. The molecular weight excluding hydrogens is 432 g/mol. The molecule has 1 aliphatic heterocycles. The lowest BCUT2D eigenvalue weighted by Crippen LogP contribution is -2.33. The number of aliphatic hydroxyl groups is 1. The molecule has 1 atom stereocenters. The minimum Gasteiger partial charge on any atom is -0.376 e. The third-order valence-corrected chi connectivity index (χ3v) is 7.61. The Morgan fingerprint density at radius 1 is 0.625 bits per heavy atom. The highest BCUT2D eigenvalue weighted by molar-refractivity contribution is 7.99. The smallest absolute Gasteiger partial charge is 0.143 e. The third-order valence-electron chi connectivity index (χ3n) is 6.22. The zero-order chi connectivity index (χ0) is 21.7. The van der Waals surface area contributed by atoms with E-state index in [9.17, 15) is 5.11 Å². The quantitative estimate of drug-likeness (QED) is 0.295. The Labute approximate surface area is 196 Å². The van der Waals surface area contributed by atoms with Gasteiger partial charge in [0, 0.05) is 31.5 Å². The number of hydrogen-bond acceptors (Lipinski definition) is 2. The molecule has 0 saturated carbocycles. The molecular formula is C29H19ClOS. The maximum Gasteiger partial charge on any atom is 0.143 e. The van der Waals surface area contributed by atoms with Crippen molar-refractivity contribution in [3.8, 4) is 11.1 Å². The number of fused-ring (bicyclic) bond motifs is 4. The zero-order valence-electron chi connectivity index (χ0n) is 17.1. The van der Waals surface area contributed by atoms with E-state index in [-0.39, 0.29) is 0 Å². The molecule has 1 heterocycles. The normalized spacial score (nSPS) is 17.1. The molecule has 0 bridgehead atoms. The Hall–Kier alpha value is -3.04. The van der Waals surface area contributed by atoms with Crippen LogP contribution in [0.25, 0.3) is 21.9 Å². The van der Waals surface area contributed by atoms with E-state index in [2.05, 4.69) is 36.4 Å². The van der Waals surface area contributed by atoms with E-state index in [4.69, 9.17) is 11.6 Å². The largest absolute Gasteiger partial charge is 0.376 e. The van der Waals surface area contributed by atoms with E-state index in [1.165, 1.54) is 0 Å². The maximum atomic E-state index is 12.8. The average molecular weight is 451 g/mol. The molecule has 0 aromatic heterocycles. The van der Waals surface area contributed by atoms with Crippen LogP contribution in [0.5, 0.6) is 0 Å². The summed E-state index contributed by atoms with van der Waals surface area (Å²) in [5, 5.41) is 15.7. The van der Waals surface area contributed by atoms with Gasteiger partial charge in [0.1, 0.15) is 5.60 Å².